The molecule has 2 saturated heterocycles. The van der Waals surface area contributed by atoms with Crippen molar-refractivity contribution in [1.29, 1.82) is 0 Å². The molecule has 5 nitrogen and oxygen atoms in total. The highest BCUT2D eigenvalue weighted by atomic mass is 32.1. The molecule has 2 aliphatic heterocycles. The number of nitrogens with zero attached hydrogens (tertiary/aromatic N) is 1. The van der Waals surface area contributed by atoms with Crippen molar-refractivity contribution in [3.63, 3.8) is 0 Å². The number of aryl methyl sites for hydroxylation is 1. The number of rotatable bonds is 2. The van der Waals surface area contributed by atoms with E-state index in [4.69, 9.17) is 4.74 Å². The van der Waals surface area contributed by atoms with Gasteiger partial charge in [-0.15, -0.1) is 11.3 Å². The van der Waals surface area contributed by atoms with E-state index in [-0.39, 0.29) is 29.3 Å². The standard InChI is InChI=1S/C22H32N2O3S/c1-16-24-18(15-28-16)13-12-17-14-23-21(26)11-7-9-19(25)8-5-3-4-6-10-20-22(17,2)27-20/h12-13,15,17,20H,3-11,14H2,1-2H3,(H,23,26). The zero-order valence-corrected chi connectivity index (χ0v) is 17.9. The molecule has 3 unspecified atom stereocenters. The molecule has 2 fully saturated rings. The van der Waals surface area contributed by atoms with Gasteiger partial charge in [-0.1, -0.05) is 25.3 Å². The third-order valence-corrected chi connectivity index (χ3v) is 6.69. The number of nitrogens with one attached hydrogen (secondary N) is 1. The third-order valence-electron chi connectivity index (χ3n) is 5.90. The number of ether oxygens (including phenoxy) is 1. The number of Topliss-reactive ketones (excluding diaryl/α,β-unsaturated/α-hetero) is 1. The third kappa shape index (κ3) is 5.98. The topological polar surface area (TPSA) is 71.6 Å². The van der Waals surface area contributed by atoms with Crippen LogP contribution in [0.15, 0.2) is 11.5 Å². The second-order valence-corrected chi connectivity index (χ2v) is 9.26. The Labute approximate surface area is 172 Å². The predicted octanol–water partition coefficient (Wildman–Crippen LogP) is 4.45. The van der Waals surface area contributed by atoms with Crippen LogP contribution in [-0.4, -0.2) is 34.9 Å². The van der Waals surface area contributed by atoms with Crippen molar-refractivity contribution in [3.8, 4) is 0 Å². The zero-order valence-electron chi connectivity index (χ0n) is 17.0. The van der Waals surface area contributed by atoms with Crippen molar-refractivity contribution in [2.45, 2.75) is 83.3 Å². The van der Waals surface area contributed by atoms with E-state index in [0.717, 1.165) is 42.8 Å². The lowest BCUT2D eigenvalue weighted by molar-refractivity contribution is -0.121. The fourth-order valence-corrected chi connectivity index (χ4v) is 4.55. The van der Waals surface area contributed by atoms with Crippen LogP contribution < -0.4 is 5.32 Å². The maximum absolute atomic E-state index is 12.2. The van der Waals surface area contributed by atoms with Gasteiger partial charge in [0, 0.05) is 37.1 Å². The van der Waals surface area contributed by atoms with Gasteiger partial charge in [0.25, 0.3) is 0 Å². The molecule has 28 heavy (non-hydrogen) atoms. The quantitative estimate of drug-likeness (QED) is 0.739. The van der Waals surface area contributed by atoms with Crippen LogP contribution in [0, 0.1) is 12.8 Å². The minimum atomic E-state index is -0.220. The number of fused-ring (bicyclic) bond motifs is 1. The average molecular weight is 405 g/mol. The van der Waals surface area contributed by atoms with Gasteiger partial charge in [0.05, 0.1) is 22.4 Å². The minimum absolute atomic E-state index is 0.0172. The summed E-state index contributed by atoms with van der Waals surface area (Å²) in [6.07, 6.45) is 12.0. The molecule has 0 aromatic carbocycles. The number of aromatic nitrogens is 1. The number of hydrogen-bond acceptors (Lipinski definition) is 5. The van der Waals surface area contributed by atoms with Gasteiger partial charge < -0.3 is 10.1 Å². The summed E-state index contributed by atoms with van der Waals surface area (Å²) in [6, 6.07) is 0. The molecule has 154 valence electrons. The zero-order chi connectivity index (χ0) is 20.0. The summed E-state index contributed by atoms with van der Waals surface area (Å²) in [4.78, 5) is 28.6. The first-order valence-electron chi connectivity index (χ1n) is 10.5. The molecule has 1 aromatic rings. The fourth-order valence-electron chi connectivity index (χ4n) is 3.97. The normalized spacial score (nSPS) is 30.8. The van der Waals surface area contributed by atoms with Gasteiger partial charge in [-0.2, -0.15) is 0 Å². The van der Waals surface area contributed by atoms with Gasteiger partial charge in [0.1, 0.15) is 5.78 Å². The molecule has 3 atom stereocenters. The van der Waals surface area contributed by atoms with Crippen LogP contribution in [0.4, 0.5) is 0 Å². The van der Waals surface area contributed by atoms with Crippen LogP contribution in [0.3, 0.4) is 0 Å². The second kappa shape index (κ2) is 9.79. The fraction of sp³-hybridized carbons (Fsp3) is 0.682. The van der Waals surface area contributed by atoms with Crippen LogP contribution >= 0.6 is 11.3 Å². The van der Waals surface area contributed by atoms with Gasteiger partial charge in [0.2, 0.25) is 5.91 Å². The van der Waals surface area contributed by atoms with E-state index in [1.54, 1.807) is 11.3 Å². The summed E-state index contributed by atoms with van der Waals surface area (Å²) in [5.74, 6) is 0.416. The van der Waals surface area contributed by atoms with E-state index in [0.29, 0.717) is 32.2 Å². The molecular weight excluding hydrogens is 372 g/mol. The lowest BCUT2D eigenvalue weighted by atomic mass is 9.87. The lowest BCUT2D eigenvalue weighted by Gasteiger charge is -2.19. The van der Waals surface area contributed by atoms with Crippen molar-refractivity contribution >= 4 is 29.1 Å². The number of epoxide rings is 1. The molecule has 0 bridgehead atoms. The number of amides is 1. The Balaban J connectivity index is 1.65. The van der Waals surface area contributed by atoms with E-state index in [9.17, 15) is 9.59 Å². The Kier molecular flexibility index (Phi) is 7.41. The van der Waals surface area contributed by atoms with Crippen LogP contribution in [0.25, 0.3) is 6.08 Å². The highest BCUT2D eigenvalue weighted by Gasteiger charge is 2.55. The smallest absolute Gasteiger partial charge is 0.220 e. The van der Waals surface area contributed by atoms with E-state index < -0.39 is 0 Å². The number of carbonyl (C=O) groups is 2. The van der Waals surface area contributed by atoms with E-state index in [1.165, 1.54) is 0 Å². The first-order valence-corrected chi connectivity index (χ1v) is 11.4. The first kappa shape index (κ1) is 21.2. The largest absolute Gasteiger partial charge is 0.366 e. The molecule has 1 N–H and O–H groups in total. The van der Waals surface area contributed by atoms with E-state index in [2.05, 4.69) is 23.3 Å². The average Bonchev–Trinajstić information content (AvgIpc) is 3.12. The van der Waals surface area contributed by atoms with Crippen LogP contribution in [0.2, 0.25) is 0 Å². The highest BCUT2D eigenvalue weighted by molar-refractivity contribution is 7.09. The second-order valence-electron chi connectivity index (χ2n) is 8.20. The minimum Gasteiger partial charge on any atom is -0.366 e. The molecule has 3 rings (SSSR count). The number of ketones is 1. The Morgan fingerprint density at radius 3 is 2.75 bits per heavy atom. The van der Waals surface area contributed by atoms with Gasteiger partial charge in [0.15, 0.2) is 0 Å². The number of hydrogen-bond donors (Lipinski definition) is 1. The molecule has 0 aliphatic carbocycles. The molecule has 6 heteroatoms. The Morgan fingerprint density at radius 1 is 1.18 bits per heavy atom. The molecule has 2 aliphatic rings. The molecule has 0 spiro atoms. The van der Waals surface area contributed by atoms with E-state index >= 15 is 0 Å². The molecule has 0 saturated carbocycles. The SMILES string of the molecule is Cc1nc(C=CC2CNC(=O)CCCC(=O)CCCCCCC3OC23C)cs1. The molecule has 3 heterocycles. The lowest BCUT2D eigenvalue weighted by Crippen LogP contribution is -2.35. The maximum Gasteiger partial charge on any atom is 0.220 e. The summed E-state index contributed by atoms with van der Waals surface area (Å²) in [5.41, 5.74) is 0.738. The molecule has 1 aromatic heterocycles. The Morgan fingerprint density at radius 2 is 1.96 bits per heavy atom. The maximum atomic E-state index is 12.2. The summed E-state index contributed by atoms with van der Waals surface area (Å²) in [7, 11) is 0. The van der Waals surface area contributed by atoms with Crippen molar-refractivity contribution in [2.75, 3.05) is 6.54 Å². The molecule has 0 radical (unpaired) electrons. The van der Waals surface area contributed by atoms with Gasteiger partial charge >= 0.3 is 0 Å². The first-order chi connectivity index (χ1) is 13.5. The van der Waals surface area contributed by atoms with Crippen molar-refractivity contribution in [3.05, 3.63) is 22.2 Å². The summed E-state index contributed by atoms with van der Waals surface area (Å²) in [6.45, 7) is 4.72. The summed E-state index contributed by atoms with van der Waals surface area (Å²) >= 11 is 1.64. The van der Waals surface area contributed by atoms with E-state index in [1.807, 2.05) is 18.4 Å². The number of carbonyl (C=O) groups excluding carboxylic acids is 2. The van der Waals surface area contributed by atoms with Crippen LogP contribution in [-0.2, 0) is 14.3 Å². The molecular formula is C22H32N2O3S. The van der Waals surface area contributed by atoms with Gasteiger partial charge in [-0.3, -0.25) is 9.59 Å². The summed E-state index contributed by atoms with van der Waals surface area (Å²) in [5, 5.41) is 6.15. The predicted molar refractivity (Wildman–Crippen MR) is 112 cm³/mol. The van der Waals surface area contributed by atoms with Crippen molar-refractivity contribution < 1.29 is 14.3 Å². The number of thiazole rings is 1. The van der Waals surface area contributed by atoms with Crippen molar-refractivity contribution in [1.82, 2.24) is 10.3 Å². The van der Waals surface area contributed by atoms with Crippen molar-refractivity contribution in [2.24, 2.45) is 5.92 Å². The van der Waals surface area contributed by atoms with Crippen LogP contribution in [0.1, 0.15) is 75.4 Å². The van der Waals surface area contributed by atoms with Gasteiger partial charge in [-0.25, -0.2) is 4.98 Å². The van der Waals surface area contributed by atoms with Crippen LogP contribution in [0.5, 0.6) is 0 Å². The van der Waals surface area contributed by atoms with Gasteiger partial charge in [-0.05, 0) is 39.2 Å². The monoisotopic (exact) mass is 404 g/mol. The highest BCUT2D eigenvalue weighted by Crippen LogP contribution is 2.46. The molecule has 1 amide bonds. The summed E-state index contributed by atoms with van der Waals surface area (Å²) < 4.78 is 6.11. The Bertz CT molecular complexity index is 714. The Hall–Kier alpha value is -1.53.